The van der Waals surface area contributed by atoms with Crippen LogP contribution in [0.15, 0.2) is 0 Å². The summed E-state index contributed by atoms with van der Waals surface area (Å²) in [6, 6.07) is 0. The summed E-state index contributed by atoms with van der Waals surface area (Å²) in [5.41, 5.74) is 5.17. The summed E-state index contributed by atoms with van der Waals surface area (Å²) >= 11 is 0. The summed E-state index contributed by atoms with van der Waals surface area (Å²) < 4.78 is 14.0. The zero-order valence-corrected chi connectivity index (χ0v) is 7.41. The van der Waals surface area contributed by atoms with Gasteiger partial charge in [-0.05, 0) is 13.8 Å². The molecule has 0 aliphatic heterocycles. The molecule has 0 amide bonds. The standard InChI is InChI=1S/C7H15NO4/c1-3-10-4-5-11-7(9)12-6(2)8/h6H,3-5,8H2,1-2H3. The molecule has 0 saturated carbocycles. The first-order chi connectivity index (χ1) is 5.66. The van der Waals surface area contributed by atoms with Gasteiger partial charge in [0.25, 0.3) is 0 Å². The van der Waals surface area contributed by atoms with E-state index in [1.165, 1.54) is 0 Å². The Hall–Kier alpha value is -0.810. The predicted molar refractivity (Wildman–Crippen MR) is 42.6 cm³/mol. The van der Waals surface area contributed by atoms with Gasteiger partial charge in [0, 0.05) is 6.61 Å². The topological polar surface area (TPSA) is 70.8 Å². The highest BCUT2D eigenvalue weighted by atomic mass is 16.7. The van der Waals surface area contributed by atoms with Gasteiger partial charge in [-0.2, -0.15) is 0 Å². The maximum absolute atomic E-state index is 10.6. The molecule has 0 saturated heterocycles. The van der Waals surface area contributed by atoms with Gasteiger partial charge in [-0.15, -0.1) is 0 Å². The minimum Gasteiger partial charge on any atom is -0.432 e. The Bertz CT molecular complexity index is 127. The summed E-state index contributed by atoms with van der Waals surface area (Å²) in [5, 5.41) is 0. The molecule has 0 aromatic rings. The molecular weight excluding hydrogens is 162 g/mol. The zero-order valence-electron chi connectivity index (χ0n) is 7.41. The molecule has 0 fully saturated rings. The molecule has 0 rings (SSSR count). The van der Waals surface area contributed by atoms with Crippen LogP contribution in [0.5, 0.6) is 0 Å². The van der Waals surface area contributed by atoms with Crippen molar-refractivity contribution in [1.29, 1.82) is 0 Å². The van der Waals surface area contributed by atoms with E-state index in [9.17, 15) is 4.79 Å². The molecule has 5 nitrogen and oxygen atoms in total. The lowest BCUT2D eigenvalue weighted by Crippen LogP contribution is -2.24. The highest BCUT2D eigenvalue weighted by molar-refractivity contribution is 5.59. The van der Waals surface area contributed by atoms with Gasteiger partial charge in [0.05, 0.1) is 6.61 Å². The summed E-state index contributed by atoms with van der Waals surface area (Å²) in [5.74, 6) is 0. The number of ether oxygens (including phenoxy) is 3. The van der Waals surface area contributed by atoms with Crippen molar-refractivity contribution in [2.75, 3.05) is 19.8 Å². The molecule has 0 aromatic heterocycles. The molecule has 0 spiro atoms. The first-order valence-corrected chi connectivity index (χ1v) is 3.83. The zero-order chi connectivity index (χ0) is 9.40. The molecule has 1 atom stereocenters. The maximum atomic E-state index is 10.6. The fourth-order valence-corrected chi connectivity index (χ4v) is 0.514. The van der Waals surface area contributed by atoms with Crippen LogP contribution in [0, 0.1) is 0 Å². The number of carbonyl (C=O) groups excluding carboxylic acids is 1. The lowest BCUT2D eigenvalue weighted by atomic mass is 10.7. The van der Waals surface area contributed by atoms with Crippen LogP contribution in [0.1, 0.15) is 13.8 Å². The van der Waals surface area contributed by atoms with Crippen LogP contribution in [-0.4, -0.2) is 32.2 Å². The quantitative estimate of drug-likeness (QED) is 0.375. The largest absolute Gasteiger partial charge is 0.509 e. The second-order valence-electron chi connectivity index (χ2n) is 2.12. The second-order valence-corrected chi connectivity index (χ2v) is 2.12. The van der Waals surface area contributed by atoms with Gasteiger partial charge < -0.3 is 14.2 Å². The van der Waals surface area contributed by atoms with Crippen molar-refractivity contribution in [3.8, 4) is 0 Å². The minimum atomic E-state index is -0.760. The maximum Gasteiger partial charge on any atom is 0.509 e. The average molecular weight is 177 g/mol. The third-order valence-corrected chi connectivity index (χ3v) is 0.934. The highest BCUT2D eigenvalue weighted by Crippen LogP contribution is 1.88. The molecule has 0 aromatic carbocycles. The normalized spacial score (nSPS) is 12.2. The van der Waals surface area contributed by atoms with E-state index in [4.69, 9.17) is 10.5 Å². The molecule has 0 bridgehead atoms. The van der Waals surface area contributed by atoms with E-state index in [1.807, 2.05) is 6.92 Å². The molecule has 0 heterocycles. The molecule has 0 radical (unpaired) electrons. The SMILES string of the molecule is CCOCCOC(=O)OC(C)N. The van der Waals surface area contributed by atoms with Crippen LogP contribution >= 0.6 is 0 Å². The molecule has 2 N–H and O–H groups in total. The molecular formula is C7H15NO4. The Morgan fingerprint density at radius 2 is 2.17 bits per heavy atom. The number of hydrogen-bond acceptors (Lipinski definition) is 5. The number of rotatable bonds is 5. The van der Waals surface area contributed by atoms with Gasteiger partial charge in [-0.25, -0.2) is 4.79 Å². The van der Waals surface area contributed by atoms with Crippen molar-refractivity contribution < 1.29 is 19.0 Å². The number of carbonyl (C=O) groups is 1. The summed E-state index contributed by atoms with van der Waals surface area (Å²) in [6.45, 7) is 4.58. The van der Waals surface area contributed by atoms with E-state index in [-0.39, 0.29) is 6.61 Å². The molecule has 0 aliphatic carbocycles. The first kappa shape index (κ1) is 11.2. The van der Waals surface area contributed by atoms with E-state index in [1.54, 1.807) is 6.92 Å². The van der Waals surface area contributed by atoms with Gasteiger partial charge in [0.15, 0.2) is 6.23 Å². The smallest absolute Gasteiger partial charge is 0.432 e. The third kappa shape index (κ3) is 7.30. The van der Waals surface area contributed by atoms with Crippen LogP contribution in [0.3, 0.4) is 0 Å². The van der Waals surface area contributed by atoms with Crippen LogP contribution in [0.4, 0.5) is 4.79 Å². The Morgan fingerprint density at radius 3 is 2.67 bits per heavy atom. The lowest BCUT2D eigenvalue weighted by molar-refractivity contribution is 0.0124. The fourth-order valence-electron chi connectivity index (χ4n) is 0.514. The number of nitrogens with two attached hydrogens (primary N) is 1. The Kier molecular flexibility index (Phi) is 6.41. The summed E-state index contributed by atoms with van der Waals surface area (Å²) in [7, 11) is 0. The Morgan fingerprint density at radius 1 is 1.50 bits per heavy atom. The Balaban J connectivity index is 3.20. The van der Waals surface area contributed by atoms with Gasteiger partial charge >= 0.3 is 6.16 Å². The van der Waals surface area contributed by atoms with Crippen molar-refractivity contribution in [3.63, 3.8) is 0 Å². The molecule has 72 valence electrons. The van der Waals surface area contributed by atoms with Crippen molar-refractivity contribution in [3.05, 3.63) is 0 Å². The van der Waals surface area contributed by atoms with Gasteiger partial charge in [-0.3, -0.25) is 5.73 Å². The van der Waals surface area contributed by atoms with E-state index < -0.39 is 12.4 Å². The highest BCUT2D eigenvalue weighted by Gasteiger charge is 2.05. The third-order valence-electron chi connectivity index (χ3n) is 0.934. The lowest BCUT2D eigenvalue weighted by Gasteiger charge is -2.07. The molecule has 0 aliphatic rings. The van der Waals surface area contributed by atoms with Gasteiger partial charge in [0.2, 0.25) is 0 Å². The predicted octanol–water partition coefficient (Wildman–Crippen LogP) is 0.481. The van der Waals surface area contributed by atoms with Crippen molar-refractivity contribution in [2.24, 2.45) is 5.73 Å². The fraction of sp³-hybridized carbons (Fsp3) is 0.857. The van der Waals surface area contributed by atoms with Crippen LogP contribution in [0.2, 0.25) is 0 Å². The summed E-state index contributed by atoms with van der Waals surface area (Å²) in [4.78, 5) is 10.6. The molecule has 5 heteroatoms. The molecule has 1 unspecified atom stereocenters. The van der Waals surface area contributed by atoms with Crippen molar-refractivity contribution >= 4 is 6.16 Å². The monoisotopic (exact) mass is 177 g/mol. The van der Waals surface area contributed by atoms with Crippen LogP contribution in [0.25, 0.3) is 0 Å². The minimum absolute atomic E-state index is 0.194. The molecule has 12 heavy (non-hydrogen) atoms. The van der Waals surface area contributed by atoms with Crippen LogP contribution < -0.4 is 5.73 Å². The van der Waals surface area contributed by atoms with Gasteiger partial charge in [-0.1, -0.05) is 0 Å². The van der Waals surface area contributed by atoms with E-state index in [2.05, 4.69) is 9.47 Å². The second kappa shape index (κ2) is 6.87. The average Bonchev–Trinajstić information content (AvgIpc) is 1.97. The van der Waals surface area contributed by atoms with Crippen molar-refractivity contribution in [1.82, 2.24) is 0 Å². The van der Waals surface area contributed by atoms with E-state index >= 15 is 0 Å². The number of hydrogen-bond donors (Lipinski definition) is 1. The first-order valence-electron chi connectivity index (χ1n) is 3.83. The summed E-state index contributed by atoms with van der Waals surface area (Å²) in [6.07, 6.45) is -1.39. The Labute approximate surface area is 71.8 Å². The van der Waals surface area contributed by atoms with Crippen LogP contribution in [-0.2, 0) is 14.2 Å². The van der Waals surface area contributed by atoms with E-state index in [0.717, 1.165) is 0 Å². The van der Waals surface area contributed by atoms with Crippen molar-refractivity contribution in [2.45, 2.75) is 20.1 Å². The van der Waals surface area contributed by atoms with Gasteiger partial charge in [0.1, 0.15) is 6.61 Å². The van der Waals surface area contributed by atoms with E-state index in [0.29, 0.717) is 13.2 Å².